The van der Waals surface area contributed by atoms with Crippen molar-refractivity contribution >= 4 is 12.1 Å². The van der Waals surface area contributed by atoms with Gasteiger partial charge in [-0.15, -0.1) is 0 Å². The molecule has 0 aromatic heterocycles. The lowest BCUT2D eigenvalue weighted by Gasteiger charge is -2.35. The first-order valence-corrected chi connectivity index (χ1v) is 7.06. The number of hydrogen-bond acceptors (Lipinski definition) is 4. The molecule has 1 atom stereocenters. The molecule has 1 aliphatic rings. The Morgan fingerprint density at radius 2 is 2.10 bits per heavy atom. The first-order chi connectivity index (χ1) is 10.2. The monoisotopic (exact) mass is 292 g/mol. The Bertz CT molecular complexity index is 478. The second-order valence-electron chi connectivity index (χ2n) is 5.02. The van der Waals surface area contributed by atoms with E-state index < -0.39 is 5.97 Å². The Kier molecular flexibility index (Phi) is 5.57. The Morgan fingerprint density at radius 1 is 1.33 bits per heavy atom. The van der Waals surface area contributed by atoms with E-state index in [1.807, 2.05) is 30.3 Å². The number of carbonyl (C=O) groups is 2. The smallest absolute Gasteiger partial charge is 0.410 e. The molecule has 0 saturated carbocycles. The number of nitrogens with one attached hydrogen (secondary N) is 1. The van der Waals surface area contributed by atoms with Crippen LogP contribution in [-0.4, -0.2) is 47.7 Å². The van der Waals surface area contributed by atoms with E-state index >= 15 is 0 Å². The van der Waals surface area contributed by atoms with E-state index in [0.717, 1.165) is 5.56 Å². The number of amides is 1. The number of ether oxygens (including phenoxy) is 1. The summed E-state index contributed by atoms with van der Waals surface area (Å²) in [6, 6.07) is 9.36. The zero-order valence-corrected chi connectivity index (χ0v) is 11.8. The molecule has 1 heterocycles. The molecule has 0 unspecified atom stereocenters. The predicted molar refractivity (Wildman–Crippen MR) is 76.9 cm³/mol. The van der Waals surface area contributed by atoms with Gasteiger partial charge in [0.2, 0.25) is 0 Å². The van der Waals surface area contributed by atoms with Gasteiger partial charge in [-0.25, -0.2) is 4.79 Å². The Labute approximate surface area is 123 Å². The molecule has 1 aromatic rings. The molecule has 0 spiro atoms. The molecule has 6 nitrogen and oxygen atoms in total. The normalized spacial score (nSPS) is 18.3. The standard InChI is InChI=1S/C15H20N2O4/c18-14(19)7-6-13-10-16-8-9-17(13)15(20)21-11-12-4-2-1-3-5-12/h1-5,13,16H,6-11H2,(H,18,19)/t13-/m0/s1. The van der Waals surface area contributed by atoms with Crippen LogP contribution in [0.4, 0.5) is 4.79 Å². The third-order valence-electron chi connectivity index (χ3n) is 3.48. The van der Waals surface area contributed by atoms with E-state index in [4.69, 9.17) is 9.84 Å². The van der Waals surface area contributed by atoms with Crippen LogP contribution in [0.3, 0.4) is 0 Å². The number of nitrogens with zero attached hydrogens (tertiary/aromatic N) is 1. The minimum atomic E-state index is -0.849. The van der Waals surface area contributed by atoms with Gasteiger partial charge in [0, 0.05) is 32.1 Å². The summed E-state index contributed by atoms with van der Waals surface area (Å²) >= 11 is 0. The lowest BCUT2D eigenvalue weighted by Crippen LogP contribution is -2.53. The second-order valence-corrected chi connectivity index (χ2v) is 5.02. The van der Waals surface area contributed by atoms with Crippen molar-refractivity contribution in [2.45, 2.75) is 25.5 Å². The van der Waals surface area contributed by atoms with E-state index in [1.165, 1.54) is 0 Å². The van der Waals surface area contributed by atoms with E-state index in [-0.39, 0.29) is 25.2 Å². The molecule has 1 aromatic carbocycles. The molecule has 114 valence electrons. The molecule has 6 heteroatoms. The number of rotatable bonds is 5. The minimum Gasteiger partial charge on any atom is -0.481 e. The molecular weight excluding hydrogens is 272 g/mol. The van der Waals surface area contributed by atoms with Crippen LogP contribution in [0.15, 0.2) is 30.3 Å². The third-order valence-corrected chi connectivity index (χ3v) is 3.48. The van der Waals surface area contributed by atoms with Gasteiger partial charge in [0.1, 0.15) is 6.61 Å². The highest BCUT2D eigenvalue weighted by atomic mass is 16.6. The van der Waals surface area contributed by atoms with Gasteiger partial charge in [-0.3, -0.25) is 4.79 Å². The van der Waals surface area contributed by atoms with Gasteiger partial charge in [-0.2, -0.15) is 0 Å². The number of carboxylic acids is 1. The predicted octanol–water partition coefficient (Wildman–Crippen LogP) is 1.46. The lowest BCUT2D eigenvalue weighted by molar-refractivity contribution is -0.137. The maximum Gasteiger partial charge on any atom is 0.410 e. The van der Waals surface area contributed by atoms with Crippen molar-refractivity contribution in [3.8, 4) is 0 Å². The zero-order chi connectivity index (χ0) is 15.1. The molecule has 1 fully saturated rings. The van der Waals surface area contributed by atoms with Crippen LogP contribution in [0.5, 0.6) is 0 Å². The molecular formula is C15H20N2O4. The van der Waals surface area contributed by atoms with E-state index in [9.17, 15) is 9.59 Å². The van der Waals surface area contributed by atoms with Gasteiger partial charge in [0.15, 0.2) is 0 Å². The second kappa shape index (κ2) is 7.64. The van der Waals surface area contributed by atoms with Gasteiger partial charge in [0.05, 0.1) is 0 Å². The molecule has 2 N–H and O–H groups in total. The van der Waals surface area contributed by atoms with Crippen LogP contribution in [-0.2, 0) is 16.1 Å². The Morgan fingerprint density at radius 3 is 2.81 bits per heavy atom. The highest BCUT2D eigenvalue weighted by Gasteiger charge is 2.27. The van der Waals surface area contributed by atoms with Crippen molar-refractivity contribution in [2.24, 2.45) is 0 Å². The lowest BCUT2D eigenvalue weighted by atomic mass is 10.1. The molecule has 1 saturated heterocycles. The first-order valence-electron chi connectivity index (χ1n) is 7.06. The van der Waals surface area contributed by atoms with Crippen LogP contribution in [0.25, 0.3) is 0 Å². The van der Waals surface area contributed by atoms with Gasteiger partial charge >= 0.3 is 12.1 Å². The van der Waals surface area contributed by atoms with Crippen LogP contribution < -0.4 is 5.32 Å². The van der Waals surface area contributed by atoms with Crippen LogP contribution in [0, 0.1) is 0 Å². The highest BCUT2D eigenvalue weighted by molar-refractivity contribution is 5.69. The summed E-state index contributed by atoms with van der Waals surface area (Å²) in [6.07, 6.45) is 0.105. The minimum absolute atomic E-state index is 0.0504. The van der Waals surface area contributed by atoms with Crippen molar-refractivity contribution in [2.75, 3.05) is 19.6 Å². The SMILES string of the molecule is O=C(O)CC[C@H]1CNCCN1C(=O)OCc1ccccc1. The number of benzene rings is 1. The molecule has 2 rings (SSSR count). The zero-order valence-electron chi connectivity index (χ0n) is 11.8. The average Bonchev–Trinajstić information content (AvgIpc) is 2.52. The summed E-state index contributed by atoms with van der Waals surface area (Å²) in [4.78, 5) is 24.5. The number of piperazine rings is 1. The van der Waals surface area contributed by atoms with Crippen LogP contribution in [0.1, 0.15) is 18.4 Å². The fraction of sp³-hybridized carbons (Fsp3) is 0.467. The topological polar surface area (TPSA) is 78.9 Å². The van der Waals surface area contributed by atoms with Crippen molar-refractivity contribution in [1.29, 1.82) is 0 Å². The average molecular weight is 292 g/mol. The van der Waals surface area contributed by atoms with Crippen molar-refractivity contribution in [3.63, 3.8) is 0 Å². The summed E-state index contributed by atoms with van der Waals surface area (Å²) in [5.74, 6) is -0.849. The molecule has 21 heavy (non-hydrogen) atoms. The number of aliphatic carboxylic acids is 1. The number of carboxylic acid groups (broad SMARTS) is 1. The van der Waals surface area contributed by atoms with E-state index in [1.54, 1.807) is 4.90 Å². The maximum atomic E-state index is 12.2. The fourth-order valence-electron chi connectivity index (χ4n) is 2.35. The molecule has 1 amide bonds. The quantitative estimate of drug-likeness (QED) is 0.859. The molecule has 0 aliphatic carbocycles. The fourth-order valence-corrected chi connectivity index (χ4v) is 2.35. The molecule has 1 aliphatic heterocycles. The summed E-state index contributed by atoms with van der Waals surface area (Å²) in [6.45, 7) is 2.07. The summed E-state index contributed by atoms with van der Waals surface area (Å²) < 4.78 is 5.32. The van der Waals surface area contributed by atoms with Gasteiger partial charge in [0.25, 0.3) is 0 Å². The van der Waals surface area contributed by atoms with Gasteiger partial charge < -0.3 is 20.1 Å². The summed E-state index contributed by atoms with van der Waals surface area (Å²) in [7, 11) is 0. The van der Waals surface area contributed by atoms with Crippen LogP contribution >= 0.6 is 0 Å². The first kappa shape index (κ1) is 15.3. The van der Waals surface area contributed by atoms with E-state index in [2.05, 4.69) is 5.32 Å². The largest absolute Gasteiger partial charge is 0.481 e. The van der Waals surface area contributed by atoms with Crippen molar-refractivity contribution in [1.82, 2.24) is 10.2 Å². The Hall–Kier alpha value is -2.08. The number of carbonyl (C=O) groups excluding carboxylic acids is 1. The maximum absolute atomic E-state index is 12.2. The molecule has 0 bridgehead atoms. The van der Waals surface area contributed by atoms with Crippen molar-refractivity contribution in [3.05, 3.63) is 35.9 Å². The van der Waals surface area contributed by atoms with Crippen LogP contribution in [0.2, 0.25) is 0 Å². The summed E-state index contributed by atoms with van der Waals surface area (Å²) in [5.41, 5.74) is 0.933. The van der Waals surface area contributed by atoms with E-state index in [0.29, 0.717) is 26.1 Å². The number of hydrogen-bond donors (Lipinski definition) is 2. The summed E-state index contributed by atoms with van der Waals surface area (Å²) in [5, 5.41) is 11.9. The Balaban J connectivity index is 1.87. The molecule has 0 radical (unpaired) electrons. The highest BCUT2D eigenvalue weighted by Crippen LogP contribution is 2.12. The van der Waals surface area contributed by atoms with Gasteiger partial charge in [-0.05, 0) is 12.0 Å². The van der Waals surface area contributed by atoms with Gasteiger partial charge in [-0.1, -0.05) is 30.3 Å². The van der Waals surface area contributed by atoms with Crippen molar-refractivity contribution < 1.29 is 19.4 Å². The third kappa shape index (κ3) is 4.75.